The Hall–Kier alpha value is -2.97. The van der Waals surface area contributed by atoms with Crippen LogP contribution in [0.1, 0.15) is 35.1 Å². The third-order valence-corrected chi connectivity index (χ3v) is 6.97. The largest absolute Gasteiger partial charge is 0.351 e. The van der Waals surface area contributed by atoms with Crippen molar-refractivity contribution >= 4 is 44.5 Å². The van der Waals surface area contributed by atoms with E-state index in [-0.39, 0.29) is 0 Å². The van der Waals surface area contributed by atoms with Gasteiger partial charge in [0.15, 0.2) is 11.5 Å². The molecule has 0 spiro atoms. The predicted octanol–water partition coefficient (Wildman–Crippen LogP) is 5.86. The van der Waals surface area contributed by atoms with Crippen molar-refractivity contribution in [2.75, 3.05) is 23.7 Å². The van der Waals surface area contributed by atoms with E-state index < -0.39 is 0 Å². The highest BCUT2D eigenvalue weighted by Gasteiger charge is 2.21. The van der Waals surface area contributed by atoms with E-state index in [2.05, 4.69) is 104 Å². The van der Waals surface area contributed by atoms with E-state index in [0.717, 1.165) is 54.0 Å². The lowest BCUT2D eigenvalue weighted by Crippen LogP contribution is -2.39. The van der Waals surface area contributed by atoms with Crippen LogP contribution in [0.25, 0.3) is 11.2 Å². The van der Waals surface area contributed by atoms with Gasteiger partial charge in [0.2, 0.25) is 5.95 Å². The van der Waals surface area contributed by atoms with Crippen molar-refractivity contribution in [2.45, 2.75) is 46.2 Å². The summed E-state index contributed by atoms with van der Waals surface area (Å²) in [4.78, 5) is 19.6. The van der Waals surface area contributed by atoms with Gasteiger partial charge in [-0.3, -0.25) is 4.90 Å². The minimum absolute atomic E-state index is 0.341. The number of anilines is 3. The number of nitrogens with zero attached hydrogens (tertiary/aromatic N) is 4. The van der Waals surface area contributed by atoms with Gasteiger partial charge in [-0.2, -0.15) is 9.97 Å². The summed E-state index contributed by atoms with van der Waals surface area (Å²) in [6.45, 7) is 9.44. The van der Waals surface area contributed by atoms with E-state index >= 15 is 0 Å². The molecule has 5 rings (SSSR count). The summed E-state index contributed by atoms with van der Waals surface area (Å²) in [6, 6.07) is 13.3. The Morgan fingerprint density at radius 3 is 2.44 bits per heavy atom. The van der Waals surface area contributed by atoms with Crippen molar-refractivity contribution in [3.05, 3.63) is 69.5 Å². The number of aromatic amines is 1. The summed E-state index contributed by atoms with van der Waals surface area (Å²) in [5.74, 6) is 1.36. The lowest BCUT2D eigenvalue weighted by atomic mass is 10.0. The number of aromatic nitrogens is 4. The molecule has 2 aromatic carbocycles. The standard InChI is InChI=1S/C26H30BrN7/c1-16-12-17(2)22(18(3)13-16)31-25-23-24(29-15-28-23)32-26(33-25)30-21-8-10-34(11-9-21)14-19-4-6-20(27)7-5-19/h4-7,12-13,15,21H,8-11,14H2,1-3H3,(H3,28,29,30,31,32,33). The second-order valence-corrected chi connectivity index (χ2v) is 10.1. The van der Waals surface area contributed by atoms with Crippen LogP contribution in [0.15, 0.2) is 47.2 Å². The Bertz CT molecular complexity index is 1270. The fraction of sp³-hybridized carbons (Fsp3) is 0.346. The zero-order valence-corrected chi connectivity index (χ0v) is 21.4. The van der Waals surface area contributed by atoms with Gasteiger partial charge in [-0.05, 0) is 62.4 Å². The maximum absolute atomic E-state index is 4.84. The third kappa shape index (κ3) is 5.08. The number of likely N-dealkylation sites (tertiary alicyclic amines) is 1. The number of piperidine rings is 1. The molecule has 0 amide bonds. The molecule has 0 unspecified atom stereocenters. The number of benzene rings is 2. The third-order valence-electron chi connectivity index (χ3n) is 6.45. The monoisotopic (exact) mass is 519 g/mol. The van der Waals surface area contributed by atoms with Crippen molar-refractivity contribution in [2.24, 2.45) is 0 Å². The molecule has 176 valence electrons. The number of nitrogens with one attached hydrogen (secondary N) is 3. The van der Waals surface area contributed by atoms with E-state index in [1.807, 2.05) is 0 Å². The summed E-state index contributed by atoms with van der Waals surface area (Å²) < 4.78 is 1.12. The van der Waals surface area contributed by atoms with Gasteiger partial charge in [0.05, 0.1) is 6.33 Å². The summed E-state index contributed by atoms with van der Waals surface area (Å²) in [7, 11) is 0. The first kappa shape index (κ1) is 22.8. The SMILES string of the molecule is Cc1cc(C)c(Nc2nc(NC3CCN(Cc4ccc(Br)cc4)CC3)nc3nc[nH]c23)c(C)c1. The summed E-state index contributed by atoms with van der Waals surface area (Å²) in [5, 5.41) is 7.11. The second kappa shape index (κ2) is 9.72. The average Bonchev–Trinajstić information content (AvgIpc) is 3.28. The Morgan fingerprint density at radius 2 is 1.74 bits per heavy atom. The van der Waals surface area contributed by atoms with E-state index in [1.165, 1.54) is 22.3 Å². The van der Waals surface area contributed by atoms with Gasteiger partial charge in [-0.15, -0.1) is 0 Å². The predicted molar refractivity (Wildman–Crippen MR) is 142 cm³/mol. The van der Waals surface area contributed by atoms with Gasteiger partial charge in [0, 0.05) is 35.8 Å². The molecule has 3 N–H and O–H groups in total. The number of imidazole rings is 1. The van der Waals surface area contributed by atoms with Crippen LogP contribution < -0.4 is 10.6 Å². The maximum Gasteiger partial charge on any atom is 0.227 e. The first-order valence-corrected chi connectivity index (χ1v) is 12.5. The number of hydrogen-bond donors (Lipinski definition) is 3. The van der Waals surface area contributed by atoms with E-state index in [4.69, 9.17) is 4.98 Å². The molecular weight excluding hydrogens is 490 g/mol. The molecule has 3 heterocycles. The fourth-order valence-electron chi connectivity index (χ4n) is 4.75. The zero-order valence-electron chi connectivity index (χ0n) is 19.8. The van der Waals surface area contributed by atoms with Crippen molar-refractivity contribution in [3.63, 3.8) is 0 Å². The fourth-order valence-corrected chi connectivity index (χ4v) is 5.01. The number of rotatable bonds is 6. The molecule has 0 saturated carbocycles. The smallest absolute Gasteiger partial charge is 0.227 e. The Balaban J connectivity index is 1.28. The minimum atomic E-state index is 0.341. The quantitative estimate of drug-likeness (QED) is 0.296. The molecule has 4 aromatic rings. The first-order valence-electron chi connectivity index (χ1n) is 11.7. The zero-order chi connectivity index (χ0) is 23.7. The molecule has 7 nitrogen and oxygen atoms in total. The number of halogens is 1. The van der Waals surface area contributed by atoms with Gasteiger partial charge in [0.1, 0.15) is 5.52 Å². The molecule has 0 atom stereocenters. The van der Waals surface area contributed by atoms with Crippen LogP contribution in [0.3, 0.4) is 0 Å². The second-order valence-electron chi connectivity index (χ2n) is 9.22. The van der Waals surface area contributed by atoms with Crippen LogP contribution in [0, 0.1) is 20.8 Å². The number of fused-ring (bicyclic) bond motifs is 1. The Morgan fingerprint density at radius 1 is 1.03 bits per heavy atom. The molecule has 1 fully saturated rings. The van der Waals surface area contributed by atoms with Crippen LogP contribution in [-0.4, -0.2) is 44.0 Å². The van der Waals surface area contributed by atoms with Crippen LogP contribution in [0.4, 0.5) is 17.5 Å². The normalized spacial score (nSPS) is 15.1. The molecule has 8 heteroatoms. The lowest BCUT2D eigenvalue weighted by Gasteiger charge is -2.32. The van der Waals surface area contributed by atoms with Gasteiger partial charge < -0.3 is 15.6 Å². The van der Waals surface area contributed by atoms with Crippen LogP contribution in [0.5, 0.6) is 0 Å². The molecule has 2 aromatic heterocycles. The molecule has 0 aliphatic carbocycles. The highest BCUT2D eigenvalue weighted by molar-refractivity contribution is 9.10. The van der Waals surface area contributed by atoms with Crippen LogP contribution in [0.2, 0.25) is 0 Å². The van der Waals surface area contributed by atoms with Gasteiger partial charge in [0.25, 0.3) is 0 Å². The van der Waals surface area contributed by atoms with Crippen LogP contribution in [-0.2, 0) is 6.54 Å². The van der Waals surface area contributed by atoms with Gasteiger partial charge >= 0.3 is 0 Å². The first-order chi connectivity index (χ1) is 16.4. The summed E-state index contributed by atoms with van der Waals surface area (Å²) in [5.41, 5.74) is 7.53. The van der Waals surface area contributed by atoms with Gasteiger partial charge in [-0.25, -0.2) is 4.98 Å². The summed E-state index contributed by atoms with van der Waals surface area (Å²) in [6.07, 6.45) is 3.78. The average molecular weight is 520 g/mol. The molecule has 1 aliphatic heterocycles. The highest BCUT2D eigenvalue weighted by Crippen LogP contribution is 2.29. The van der Waals surface area contributed by atoms with E-state index in [1.54, 1.807) is 6.33 Å². The maximum atomic E-state index is 4.84. The van der Waals surface area contributed by atoms with E-state index in [9.17, 15) is 0 Å². The van der Waals surface area contributed by atoms with Gasteiger partial charge in [-0.1, -0.05) is 45.8 Å². The molecule has 1 aliphatic rings. The molecule has 1 saturated heterocycles. The molecule has 0 bridgehead atoms. The number of H-pyrrole nitrogens is 1. The summed E-state index contributed by atoms with van der Waals surface area (Å²) >= 11 is 3.51. The number of hydrogen-bond acceptors (Lipinski definition) is 6. The van der Waals surface area contributed by atoms with Crippen molar-refractivity contribution < 1.29 is 0 Å². The minimum Gasteiger partial charge on any atom is -0.351 e. The molecule has 0 radical (unpaired) electrons. The highest BCUT2D eigenvalue weighted by atomic mass is 79.9. The topological polar surface area (TPSA) is 81.8 Å². The van der Waals surface area contributed by atoms with E-state index in [0.29, 0.717) is 17.6 Å². The van der Waals surface area contributed by atoms with Crippen molar-refractivity contribution in [1.82, 2.24) is 24.8 Å². The molecule has 34 heavy (non-hydrogen) atoms. The lowest BCUT2D eigenvalue weighted by molar-refractivity contribution is 0.211. The number of aryl methyl sites for hydroxylation is 3. The van der Waals surface area contributed by atoms with Crippen molar-refractivity contribution in [1.29, 1.82) is 0 Å². The molecular formula is C26H30BrN7. The Kier molecular flexibility index (Phi) is 6.52. The van der Waals surface area contributed by atoms with Crippen molar-refractivity contribution in [3.8, 4) is 0 Å². The Labute approximate surface area is 208 Å². The van der Waals surface area contributed by atoms with Crippen LogP contribution >= 0.6 is 15.9 Å².